The van der Waals surface area contributed by atoms with E-state index in [1.807, 2.05) is 0 Å². The molecule has 1 aliphatic rings. The summed E-state index contributed by atoms with van der Waals surface area (Å²) in [6, 6.07) is 0. The molecule has 0 aromatic rings. The molecule has 1 rings (SSSR count). The van der Waals surface area contributed by atoms with E-state index in [1.165, 1.54) is 5.57 Å². The van der Waals surface area contributed by atoms with Crippen LogP contribution in [0.25, 0.3) is 0 Å². The van der Waals surface area contributed by atoms with Crippen LogP contribution in [0.2, 0.25) is 0 Å². The summed E-state index contributed by atoms with van der Waals surface area (Å²) in [5, 5.41) is 0. The number of allylic oxidation sites excluding steroid dienone is 3. The number of unbranched alkanes of at least 4 members (excludes halogenated alkanes) is 1. The zero-order valence-corrected chi connectivity index (χ0v) is 10.4. The Bertz CT molecular complexity index is 276. The molecule has 0 N–H and O–H groups in total. The first-order valence-electron chi connectivity index (χ1n) is 6.16. The van der Waals surface area contributed by atoms with Gasteiger partial charge in [-0.25, -0.2) is 0 Å². The van der Waals surface area contributed by atoms with Gasteiger partial charge < -0.3 is 4.74 Å². The van der Waals surface area contributed by atoms with Gasteiger partial charge in [-0.15, -0.1) is 0 Å². The van der Waals surface area contributed by atoms with E-state index in [0.29, 0.717) is 18.8 Å². The van der Waals surface area contributed by atoms with Crippen LogP contribution >= 0.6 is 0 Å². The first kappa shape index (κ1) is 13.2. The fraction of sp³-hybridized carbons (Fsp3) is 0.643. The predicted molar refractivity (Wildman–Crippen MR) is 66.4 cm³/mol. The van der Waals surface area contributed by atoms with E-state index in [0.717, 1.165) is 25.7 Å². The molecule has 0 bridgehead atoms. The number of Topliss-reactive ketones (excluding diaryl/α,β-unsaturated/α-hetero) is 1. The van der Waals surface area contributed by atoms with Crippen molar-refractivity contribution in [2.75, 3.05) is 13.7 Å². The van der Waals surface area contributed by atoms with Crippen LogP contribution in [0, 0.1) is 5.92 Å². The molecule has 1 aliphatic carbocycles. The number of methoxy groups -OCH3 is 1. The maximum absolute atomic E-state index is 12.0. The van der Waals surface area contributed by atoms with Crippen LogP contribution in [0.3, 0.4) is 0 Å². The maximum atomic E-state index is 12.0. The summed E-state index contributed by atoms with van der Waals surface area (Å²) in [7, 11) is 1.70. The van der Waals surface area contributed by atoms with Crippen molar-refractivity contribution in [3.8, 4) is 0 Å². The lowest BCUT2D eigenvalue weighted by Gasteiger charge is -2.19. The Kier molecular flexibility index (Phi) is 6.09. The number of carbonyl (C=O) groups excluding carboxylic acids is 1. The lowest BCUT2D eigenvalue weighted by molar-refractivity contribution is -0.120. The standard InChI is InChI=1S/C14H22O2/c1-3-4-9-14(15)13-8-6-5-7-12(13)10-11-16-2/h6-8,13H,3-5,9-11H2,1-2H3. The number of ether oxygens (including phenoxy) is 1. The van der Waals surface area contributed by atoms with E-state index in [1.54, 1.807) is 7.11 Å². The van der Waals surface area contributed by atoms with Crippen LogP contribution in [-0.2, 0) is 9.53 Å². The molecule has 1 unspecified atom stereocenters. The van der Waals surface area contributed by atoms with Gasteiger partial charge in [0, 0.05) is 20.1 Å². The van der Waals surface area contributed by atoms with Crippen molar-refractivity contribution in [1.29, 1.82) is 0 Å². The van der Waals surface area contributed by atoms with Crippen LogP contribution in [0.15, 0.2) is 23.8 Å². The van der Waals surface area contributed by atoms with Crippen molar-refractivity contribution < 1.29 is 9.53 Å². The van der Waals surface area contributed by atoms with Crippen LogP contribution in [0.5, 0.6) is 0 Å². The Labute approximate surface area is 98.4 Å². The molecule has 2 heteroatoms. The second-order valence-electron chi connectivity index (χ2n) is 4.23. The van der Waals surface area contributed by atoms with E-state index in [-0.39, 0.29) is 5.92 Å². The minimum atomic E-state index is 0.0236. The molecule has 1 atom stereocenters. The summed E-state index contributed by atoms with van der Waals surface area (Å²) < 4.78 is 5.08. The smallest absolute Gasteiger partial charge is 0.143 e. The highest BCUT2D eigenvalue weighted by molar-refractivity contribution is 5.85. The molecule has 0 fully saturated rings. The average Bonchev–Trinajstić information content (AvgIpc) is 2.33. The third-order valence-corrected chi connectivity index (χ3v) is 2.96. The molecule has 0 heterocycles. The molecule has 0 saturated heterocycles. The highest BCUT2D eigenvalue weighted by atomic mass is 16.5. The van der Waals surface area contributed by atoms with Crippen LogP contribution in [-0.4, -0.2) is 19.5 Å². The van der Waals surface area contributed by atoms with E-state index < -0.39 is 0 Å². The highest BCUT2D eigenvalue weighted by Gasteiger charge is 2.20. The first-order valence-corrected chi connectivity index (χ1v) is 6.16. The van der Waals surface area contributed by atoms with Crippen molar-refractivity contribution in [1.82, 2.24) is 0 Å². The summed E-state index contributed by atoms with van der Waals surface area (Å²) in [6.45, 7) is 2.82. The largest absolute Gasteiger partial charge is 0.384 e. The number of ketones is 1. The summed E-state index contributed by atoms with van der Waals surface area (Å²) >= 11 is 0. The summed E-state index contributed by atoms with van der Waals surface area (Å²) in [4.78, 5) is 12.0. The zero-order chi connectivity index (χ0) is 11.8. The molecule has 0 amide bonds. The molecule has 0 saturated carbocycles. The molecule has 0 aliphatic heterocycles. The lowest BCUT2D eigenvalue weighted by Crippen LogP contribution is -2.17. The molecule has 0 aromatic heterocycles. The number of carbonyl (C=O) groups is 1. The molecule has 2 nitrogen and oxygen atoms in total. The Balaban J connectivity index is 2.53. The van der Waals surface area contributed by atoms with Gasteiger partial charge >= 0.3 is 0 Å². The van der Waals surface area contributed by atoms with Gasteiger partial charge in [-0.05, 0) is 19.3 Å². The van der Waals surface area contributed by atoms with Crippen molar-refractivity contribution in [2.45, 2.75) is 39.0 Å². The Morgan fingerprint density at radius 1 is 1.56 bits per heavy atom. The van der Waals surface area contributed by atoms with Gasteiger partial charge in [0.15, 0.2) is 0 Å². The van der Waals surface area contributed by atoms with Crippen molar-refractivity contribution in [3.05, 3.63) is 23.8 Å². The summed E-state index contributed by atoms with van der Waals surface area (Å²) in [5.74, 6) is 0.385. The first-order chi connectivity index (χ1) is 7.79. The Hall–Kier alpha value is -0.890. The van der Waals surface area contributed by atoms with E-state index in [9.17, 15) is 4.79 Å². The third kappa shape index (κ3) is 3.93. The Morgan fingerprint density at radius 3 is 3.06 bits per heavy atom. The van der Waals surface area contributed by atoms with E-state index >= 15 is 0 Å². The molecule has 0 aromatic carbocycles. The van der Waals surface area contributed by atoms with Crippen molar-refractivity contribution in [3.63, 3.8) is 0 Å². The van der Waals surface area contributed by atoms with Gasteiger partial charge in [0.05, 0.1) is 5.92 Å². The van der Waals surface area contributed by atoms with Crippen molar-refractivity contribution in [2.24, 2.45) is 5.92 Å². The van der Waals surface area contributed by atoms with E-state index in [4.69, 9.17) is 4.74 Å². The highest BCUT2D eigenvalue weighted by Crippen LogP contribution is 2.24. The van der Waals surface area contributed by atoms with Gasteiger partial charge in [0.2, 0.25) is 0 Å². The SMILES string of the molecule is CCCCC(=O)C1C=CCC=C1CCOC. The van der Waals surface area contributed by atoms with Gasteiger partial charge in [-0.3, -0.25) is 4.79 Å². The molecular weight excluding hydrogens is 200 g/mol. The predicted octanol–water partition coefficient (Wildman–Crippen LogP) is 3.28. The van der Waals surface area contributed by atoms with Gasteiger partial charge in [-0.1, -0.05) is 37.1 Å². The molecule has 16 heavy (non-hydrogen) atoms. The van der Waals surface area contributed by atoms with Gasteiger partial charge in [0.25, 0.3) is 0 Å². The third-order valence-electron chi connectivity index (χ3n) is 2.96. The summed E-state index contributed by atoms with van der Waals surface area (Å²) in [5.41, 5.74) is 1.24. The van der Waals surface area contributed by atoms with Crippen LogP contribution in [0.4, 0.5) is 0 Å². The van der Waals surface area contributed by atoms with Gasteiger partial charge in [-0.2, -0.15) is 0 Å². The van der Waals surface area contributed by atoms with Crippen LogP contribution < -0.4 is 0 Å². The van der Waals surface area contributed by atoms with Gasteiger partial charge in [0.1, 0.15) is 5.78 Å². The number of hydrogen-bond donors (Lipinski definition) is 0. The summed E-state index contributed by atoms with van der Waals surface area (Å²) in [6.07, 6.45) is 10.9. The molecule has 90 valence electrons. The quantitative estimate of drug-likeness (QED) is 0.618. The van der Waals surface area contributed by atoms with E-state index in [2.05, 4.69) is 25.2 Å². The fourth-order valence-corrected chi connectivity index (χ4v) is 1.98. The normalized spacial score (nSPS) is 19.6. The molecule has 0 spiro atoms. The lowest BCUT2D eigenvalue weighted by atomic mass is 9.86. The average molecular weight is 222 g/mol. The monoisotopic (exact) mass is 222 g/mol. The number of rotatable bonds is 7. The Morgan fingerprint density at radius 2 is 2.38 bits per heavy atom. The molecule has 0 radical (unpaired) electrons. The number of hydrogen-bond acceptors (Lipinski definition) is 2. The fourth-order valence-electron chi connectivity index (χ4n) is 1.98. The second kappa shape index (κ2) is 7.39. The van der Waals surface area contributed by atoms with Crippen molar-refractivity contribution >= 4 is 5.78 Å². The minimum Gasteiger partial charge on any atom is -0.384 e. The topological polar surface area (TPSA) is 26.3 Å². The zero-order valence-electron chi connectivity index (χ0n) is 10.4. The molecular formula is C14H22O2. The second-order valence-corrected chi connectivity index (χ2v) is 4.23. The van der Waals surface area contributed by atoms with Crippen LogP contribution in [0.1, 0.15) is 39.0 Å². The maximum Gasteiger partial charge on any atom is 0.143 e. The minimum absolute atomic E-state index is 0.0236.